The van der Waals surface area contributed by atoms with Gasteiger partial charge in [0.15, 0.2) is 0 Å². The zero-order chi connectivity index (χ0) is 11.4. The maximum absolute atomic E-state index is 12.0. The van der Waals surface area contributed by atoms with E-state index in [0.29, 0.717) is 19.2 Å². The second-order valence-corrected chi connectivity index (χ2v) is 6.09. The summed E-state index contributed by atoms with van der Waals surface area (Å²) in [6.45, 7) is 2.18. The number of hydrogen-bond donors (Lipinski definition) is 2. The fourth-order valence-corrected chi connectivity index (χ4v) is 4.51. The fourth-order valence-electron chi connectivity index (χ4n) is 4.51. The molecule has 3 aliphatic carbocycles. The van der Waals surface area contributed by atoms with Crippen LogP contribution < -0.4 is 10.6 Å². The molecule has 4 rings (SSSR count). The van der Waals surface area contributed by atoms with E-state index in [0.717, 1.165) is 30.2 Å². The average Bonchev–Trinajstić information content (AvgIpc) is 2.76. The third kappa shape index (κ3) is 1.54. The highest BCUT2D eigenvalue weighted by atomic mass is 16.5. The highest BCUT2D eigenvalue weighted by molar-refractivity contribution is 5.82. The van der Waals surface area contributed by atoms with Gasteiger partial charge in [-0.25, -0.2) is 0 Å². The largest absolute Gasteiger partial charge is 0.366 e. The molecule has 0 aromatic rings. The van der Waals surface area contributed by atoms with Crippen molar-refractivity contribution in [3.8, 4) is 0 Å². The van der Waals surface area contributed by atoms with Gasteiger partial charge in [0.1, 0.15) is 6.10 Å². The van der Waals surface area contributed by atoms with E-state index < -0.39 is 0 Å². The van der Waals surface area contributed by atoms with E-state index in [1.165, 1.54) is 19.3 Å². The Hall–Kier alpha value is -0.610. The lowest BCUT2D eigenvalue weighted by atomic mass is 10.0. The zero-order valence-electron chi connectivity index (χ0n) is 10.0. The number of carbonyl (C=O) groups excluding carboxylic acids is 1. The topological polar surface area (TPSA) is 50.4 Å². The summed E-state index contributed by atoms with van der Waals surface area (Å²) in [6.07, 6.45) is 3.98. The Bertz CT molecular complexity index is 324. The van der Waals surface area contributed by atoms with Crippen LogP contribution in [0.5, 0.6) is 0 Å². The Morgan fingerprint density at radius 2 is 2.00 bits per heavy atom. The van der Waals surface area contributed by atoms with Gasteiger partial charge < -0.3 is 15.4 Å². The van der Waals surface area contributed by atoms with Crippen LogP contribution in [-0.4, -0.2) is 37.7 Å². The summed E-state index contributed by atoms with van der Waals surface area (Å²) >= 11 is 0. The Balaban J connectivity index is 1.35. The van der Waals surface area contributed by atoms with Crippen molar-refractivity contribution in [3.05, 3.63) is 0 Å². The van der Waals surface area contributed by atoms with Gasteiger partial charge in [-0.2, -0.15) is 0 Å². The van der Waals surface area contributed by atoms with Crippen LogP contribution in [0.2, 0.25) is 0 Å². The Morgan fingerprint density at radius 3 is 2.65 bits per heavy atom. The molecule has 4 nitrogen and oxygen atoms in total. The van der Waals surface area contributed by atoms with Crippen molar-refractivity contribution in [1.82, 2.24) is 10.6 Å². The lowest BCUT2D eigenvalue weighted by Crippen LogP contribution is -2.49. The van der Waals surface area contributed by atoms with E-state index in [4.69, 9.17) is 4.74 Å². The molecule has 2 bridgehead atoms. The Labute approximate surface area is 101 Å². The van der Waals surface area contributed by atoms with Crippen molar-refractivity contribution >= 4 is 5.91 Å². The van der Waals surface area contributed by atoms with E-state index in [2.05, 4.69) is 10.6 Å². The summed E-state index contributed by atoms with van der Waals surface area (Å²) in [5, 5.41) is 6.43. The molecule has 4 fully saturated rings. The summed E-state index contributed by atoms with van der Waals surface area (Å²) in [5.74, 6) is 3.57. The first-order chi connectivity index (χ1) is 8.34. The van der Waals surface area contributed by atoms with Gasteiger partial charge in [0.2, 0.25) is 0 Å². The highest BCUT2D eigenvalue weighted by Crippen LogP contribution is 2.65. The Morgan fingerprint density at radius 1 is 1.24 bits per heavy atom. The van der Waals surface area contributed by atoms with E-state index in [1.54, 1.807) is 0 Å². The molecule has 2 N–H and O–H groups in total. The maximum Gasteiger partial charge on any atom is 0.250 e. The predicted molar refractivity (Wildman–Crippen MR) is 62.4 cm³/mol. The van der Waals surface area contributed by atoms with Crippen LogP contribution in [0.3, 0.4) is 0 Å². The van der Waals surface area contributed by atoms with Crippen LogP contribution in [0, 0.1) is 23.7 Å². The molecule has 0 aromatic heterocycles. The van der Waals surface area contributed by atoms with Gasteiger partial charge in [-0.05, 0) is 42.9 Å². The number of nitrogens with one attached hydrogen (secondary N) is 2. The van der Waals surface area contributed by atoms with Crippen molar-refractivity contribution in [1.29, 1.82) is 0 Å². The van der Waals surface area contributed by atoms with Crippen molar-refractivity contribution in [3.63, 3.8) is 0 Å². The SMILES string of the molecule is O=C(NC1C2C3CCC(C3)C12)C1CNCCO1. The standard InChI is InChI=1S/C13H20N2O2/c16-13(9-6-14-3-4-17-9)15-12-10-7-1-2-8(5-7)11(10)12/h7-12,14H,1-6H2,(H,15,16). The molecular formula is C13H20N2O2. The quantitative estimate of drug-likeness (QED) is 0.717. The van der Waals surface area contributed by atoms with Crippen LogP contribution >= 0.6 is 0 Å². The molecular weight excluding hydrogens is 216 g/mol. The first-order valence-corrected chi connectivity index (χ1v) is 6.97. The second-order valence-electron chi connectivity index (χ2n) is 6.09. The smallest absolute Gasteiger partial charge is 0.250 e. The Kier molecular flexibility index (Phi) is 2.24. The molecule has 4 aliphatic rings. The van der Waals surface area contributed by atoms with Gasteiger partial charge in [-0.3, -0.25) is 4.79 Å². The van der Waals surface area contributed by atoms with Crippen LogP contribution in [0.4, 0.5) is 0 Å². The summed E-state index contributed by atoms with van der Waals surface area (Å²) in [6, 6.07) is 0.485. The highest BCUT2D eigenvalue weighted by Gasteiger charge is 2.65. The van der Waals surface area contributed by atoms with Gasteiger partial charge >= 0.3 is 0 Å². The molecule has 1 saturated heterocycles. The maximum atomic E-state index is 12.0. The minimum Gasteiger partial charge on any atom is -0.366 e. The lowest BCUT2D eigenvalue weighted by Gasteiger charge is -2.23. The van der Waals surface area contributed by atoms with Gasteiger partial charge in [0.25, 0.3) is 5.91 Å². The molecule has 1 aliphatic heterocycles. The van der Waals surface area contributed by atoms with Crippen LogP contribution in [-0.2, 0) is 9.53 Å². The molecule has 5 atom stereocenters. The predicted octanol–water partition coefficient (Wildman–Crippen LogP) is 0.135. The van der Waals surface area contributed by atoms with E-state index >= 15 is 0 Å². The molecule has 3 saturated carbocycles. The van der Waals surface area contributed by atoms with E-state index in [1.807, 2.05) is 0 Å². The molecule has 0 aromatic carbocycles. The van der Waals surface area contributed by atoms with E-state index in [-0.39, 0.29) is 12.0 Å². The molecule has 5 unspecified atom stereocenters. The number of hydrogen-bond acceptors (Lipinski definition) is 3. The molecule has 4 heteroatoms. The van der Waals surface area contributed by atoms with Crippen molar-refractivity contribution in [2.75, 3.05) is 19.7 Å². The second kappa shape index (κ2) is 3.69. The van der Waals surface area contributed by atoms with Crippen molar-refractivity contribution in [2.45, 2.75) is 31.4 Å². The van der Waals surface area contributed by atoms with Crippen molar-refractivity contribution < 1.29 is 9.53 Å². The first-order valence-electron chi connectivity index (χ1n) is 6.97. The molecule has 17 heavy (non-hydrogen) atoms. The molecule has 1 heterocycles. The van der Waals surface area contributed by atoms with Gasteiger partial charge in [-0.1, -0.05) is 0 Å². The zero-order valence-corrected chi connectivity index (χ0v) is 10.0. The number of morpholine rings is 1. The van der Waals surface area contributed by atoms with E-state index in [9.17, 15) is 4.79 Å². The summed E-state index contributed by atoms with van der Waals surface area (Å²) in [4.78, 5) is 12.0. The molecule has 0 spiro atoms. The number of rotatable bonds is 2. The third-order valence-corrected chi connectivity index (χ3v) is 5.26. The summed E-state index contributed by atoms with van der Waals surface area (Å²) in [5.41, 5.74) is 0. The summed E-state index contributed by atoms with van der Waals surface area (Å²) < 4.78 is 5.49. The van der Waals surface area contributed by atoms with Crippen LogP contribution in [0.1, 0.15) is 19.3 Å². The lowest BCUT2D eigenvalue weighted by molar-refractivity contribution is -0.134. The molecule has 0 radical (unpaired) electrons. The van der Waals surface area contributed by atoms with Gasteiger partial charge in [0, 0.05) is 19.1 Å². The number of carbonyl (C=O) groups is 1. The molecule has 1 amide bonds. The number of fused-ring (bicyclic) bond motifs is 5. The third-order valence-electron chi connectivity index (χ3n) is 5.26. The monoisotopic (exact) mass is 236 g/mol. The summed E-state index contributed by atoms with van der Waals surface area (Å²) in [7, 11) is 0. The average molecular weight is 236 g/mol. The van der Waals surface area contributed by atoms with Gasteiger partial charge in [-0.15, -0.1) is 0 Å². The minimum absolute atomic E-state index is 0.107. The normalized spacial score (nSPS) is 51.1. The molecule has 94 valence electrons. The first kappa shape index (κ1) is 10.3. The minimum atomic E-state index is -0.261. The number of ether oxygens (including phenoxy) is 1. The number of amides is 1. The van der Waals surface area contributed by atoms with Crippen LogP contribution in [0.15, 0.2) is 0 Å². The van der Waals surface area contributed by atoms with Crippen LogP contribution in [0.25, 0.3) is 0 Å². The van der Waals surface area contributed by atoms with Gasteiger partial charge in [0.05, 0.1) is 6.61 Å². The van der Waals surface area contributed by atoms with Crippen molar-refractivity contribution in [2.24, 2.45) is 23.7 Å². The fraction of sp³-hybridized carbons (Fsp3) is 0.923.